The molecule has 0 aliphatic heterocycles. The first kappa shape index (κ1) is 20.3. The number of hydrogen-bond donors (Lipinski definition) is 2. The van der Waals surface area contributed by atoms with Crippen LogP contribution in [0.5, 0.6) is 0 Å². The number of anilines is 1. The fourth-order valence-electron chi connectivity index (χ4n) is 3.45. The van der Waals surface area contributed by atoms with Crippen molar-refractivity contribution >= 4 is 22.6 Å². The zero-order valence-corrected chi connectivity index (χ0v) is 17.1. The molecule has 0 aliphatic carbocycles. The second-order valence-corrected chi connectivity index (χ2v) is 7.47. The number of nitrogens with zero attached hydrogens (tertiary/aromatic N) is 1. The van der Waals surface area contributed by atoms with Crippen LogP contribution in [0.25, 0.3) is 10.9 Å². The summed E-state index contributed by atoms with van der Waals surface area (Å²) in [7, 11) is 0. The van der Waals surface area contributed by atoms with Gasteiger partial charge in [0.15, 0.2) is 0 Å². The van der Waals surface area contributed by atoms with E-state index in [1.54, 1.807) is 18.2 Å². The molecule has 0 aliphatic rings. The fourth-order valence-corrected chi connectivity index (χ4v) is 3.45. The predicted octanol–water partition coefficient (Wildman–Crippen LogP) is 5.21. The van der Waals surface area contributed by atoms with E-state index < -0.39 is 11.8 Å². The van der Waals surface area contributed by atoms with E-state index in [4.69, 9.17) is 0 Å². The maximum Gasteiger partial charge on any atom is 0.322 e. The smallest absolute Gasteiger partial charge is 0.322 e. The predicted molar refractivity (Wildman–Crippen MR) is 120 cm³/mol. The van der Waals surface area contributed by atoms with Crippen LogP contribution in [0.2, 0.25) is 0 Å². The number of pyridine rings is 1. The van der Waals surface area contributed by atoms with E-state index in [2.05, 4.69) is 10.3 Å². The van der Waals surface area contributed by atoms with Crippen LogP contribution < -0.4 is 10.9 Å². The Kier molecular flexibility index (Phi) is 5.80. The highest BCUT2D eigenvalue weighted by atomic mass is 19.1. The average Bonchev–Trinajstić information content (AvgIpc) is 2.76. The Morgan fingerprint density at radius 1 is 0.968 bits per heavy atom. The molecule has 0 atom stereocenters. The summed E-state index contributed by atoms with van der Waals surface area (Å²) in [6.07, 6.45) is 0. The zero-order chi connectivity index (χ0) is 21.8. The van der Waals surface area contributed by atoms with Gasteiger partial charge in [0, 0.05) is 17.6 Å². The van der Waals surface area contributed by atoms with Gasteiger partial charge >= 0.3 is 6.03 Å². The molecule has 1 aromatic heterocycles. The fraction of sp³-hybridized carbons (Fsp3) is 0.120. The topological polar surface area (TPSA) is 65.2 Å². The van der Waals surface area contributed by atoms with Crippen molar-refractivity contribution in [2.75, 3.05) is 5.32 Å². The molecule has 0 saturated carbocycles. The van der Waals surface area contributed by atoms with Gasteiger partial charge in [-0.05, 0) is 48.2 Å². The molecule has 0 radical (unpaired) electrons. The minimum absolute atomic E-state index is 0.0778. The van der Waals surface area contributed by atoms with E-state index in [0.717, 1.165) is 22.0 Å². The minimum Gasteiger partial charge on any atom is -0.322 e. The second-order valence-electron chi connectivity index (χ2n) is 7.47. The normalized spacial score (nSPS) is 10.8. The Bertz CT molecular complexity index is 1280. The third-order valence-corrected chi connectivity index (χ3v) is 5.06. The molecule has 31 heavy (non-hydrogen) atoms. The molecule has 6 heteroatoms. The number of fused-ring (bicyclic) bond motifs is 1. The number of halogens is 1. The number of urea groups is 1. The van der Waals surface area contributed by atoms with Crippen LogP contribution in [0.3, 0.4) is 0 Å². The number of amides is 2. The number of aryl methyl sites for hydroxylation is 1. The summed E-state index contributed by atoms with van der Waals surface area (Å²) >= 11 is 0. The van der Waals surface area contributed by atoms with E-state index in [1.807, 2.05) is 55.5 Å². The molecule has 0 fully saturated rings. The van der Waals surface area contributed by atoms with Crippen LogP contribution in [-0.2, 0) is 13.1 Å². The number of H-pyrrole nitrogens is 1. The van der Waals surface area contributed by atoms with Crippen LogP contribution in [0.1, 0.15) is 16.7 Å². The summed E-state index contributed by atoms with van der Waals surface area (Å²) in [5.74, 6) is -0.519. The van der Waals surface area contributed by atoms with Gasteiger partial charge in [-0.15, -0.1) is 0 Å². The monoisotopic (exact) mass is 415 g/mol. The number of hydrogen-bond acceptors (Lipinski definition) is 2. The van der Waals surface area contributed by atoms with Crippen LogP contribution in [0.4, 0.5) is 14.9 Å². The molecule has 2 amide bonds. The van der Waals surface area contributed by atoms with Crippen molar-refractivity contribution in [3.05, 3.63) is 112 Å². The quantitative estimate of drug-likeness (QED) is 0.470. The van der Waals surface area contributed by atoms with Gasteiger partial charge < -0.3 is 15.2 Å². The van der Waals surface area contributed by atoms with Crippen LogP contribution in [0.15, 0.2) is 83.7 Å². The zero-order valence-electron chi connectivity index (χ0n) is 17.1. The molecule has 0 saturated heterocycles. The lowest BCUT2D eigenvalue weighted by Gasteiger charge is -2.23. The minimum atomic E-state index is -0.519. The van der Waals surface area contributed by atoms with E-state index in [-0.39, 0.29) is 24.3 Å². The van der Waals surface area contributed by atoms with Gasteiger partial charge in [0.25, 0.3) is 5.56 Å². The summed E-state index contributed by atoms with van der Waals surface area (Å²) in [5.41, 5.74) is 3.01. The summed E-state index contributed by atoms with van der Waals surface area (Å²) in [6.45, 7) is 2.33. The highest BCUT2D eigenvalue weighted by molar-refractivity contribution is 5.89. The number of nitrogens with one attached hydrogen (secondary N) is 2. The van der Waals surface area contributed by atoms with Crippen molar-refractivity contribution in [1.82, 2.24) is 9.88 Å². The number of benzene rings is 3. The third-order valence-electron chi connectivity index (χ3n) is 5.06. The molecule has 1 heterocycles. The van der Waals surface area contributed by atoms with Gasteiger partial charge in [0.2, 0.25) is 0 Å². The molecule has 0 bridgehead atoms. The number of carbonyl (C=O) groups is 1. The van der Waals surface area contributed by atoms with E-state index in [9.17, 15) is 14.0 Å². The lowest BCUT2D eigenvalue weighted by Crippen LogP contribution is -2.36. The van der Waals surface area contributed by atoms with Crippen LogP contribution >= 0.6 is 0 Å². The summed E-state index contributed by atoms with van der Waals surface area (Å²) in [6, 6.07) is 22.5. The Morgan fingerprint density at radius 3 is 2.48 bits per heavy atom. The van der Waals surface area contributed by atoms with E-state index in [0.29, 0.717) is 5.56 Å². The van der Waals surface area contributed by atoms with Crippen molar-refractivity contribution in [2.45, 2.75) is 20.0 Å². The molecule has 5 nitrogen and oxygen atoms in total. The first-order valence-electron chi connectivity index (χ1n) is 9.96. The van der Waals surface area contributed by atoms with Crippen molar-refractivity contribution < 1.29 is 9.18 Å². The maximum atomic E-state index is 14.1. The lowest BCUT2D eigenvalue weighted by atomic mass is 10.1. The molecule has 2 N–H and O–H groups in total. The summed E-state index contributed by atoms with van der Waals surface area (Å²) in [4.78, 5) is 30.1. The van der Waals surface area contributed by atoms with Crippen molar-refractivity contribution in [2.24, 2.45) is 0 Å². The Labute approximate surface area is 179 Å². The highest BCUT2D eigenvalue weighted by Crippen LogP contribution is 2.18. The molecule has 4 aromatic rings. The SMILES string of the molecule is Cc1ccc2[nH]c(=O)c(CN(Cc3ccccc3)C(=O)Nc3ccccc3F)cc2c1. The first-order valence-corrected chi connectivity index (χ1v) is 9.96. The number of aromatic amines is 1. The number of carbonyl (C=O) groups excluding carboxylic acids is 1. The molecule has 156 valence electrons. The Balaban J connectivity index is 1.66. The molecular formula is C25H22FN3O2. The molecular weight excluding hydrogens is 393 g/mol. The first-order chi connectivity index (χ1) is 15.0. The van der Waals surface area contributed by atoms with Crippen molar-refractivity contribution in [3.8, 4) is 0 Å². The molecule has 4 rings (SSSR count). The van der Waals surface area contributed by atoms with Gasteiger partial charge in [0.1, 0.15) is 5.82 Å². The van der Waals surface area contributed by atoms with Gasteiger partial charge in [-0.3, -0.25) is 4.79 Å². The Morgan fingerprint density at radius 2 is 1.71 bits per heavy atom. The molecule has 0 unspecified atom stereocenters. The van der Waals surface area contributed by atoms with Crippen molar-refractivity contribution in [1.29, 1.82) is 0 Å². The maximum absolute atomic E-state index is 14.1. The second kappa shape index (κ2) is 8.83. The summed E-state index contributed by atoms with van der Waals surface area (Å²) in [5, 5.41) is 3.51. The van der Waals surface area contributed by atoms with Gasteiger partial charge in [-0.2, -0.15) is 0 Å². The standard InChI is InChI=1S/C25H22FN3O2/c1-17-11-12-22-19(13-17)14-20(24(30)27-22)16-29(15-18-7-3-2-4-8-18)25(31)28-23-10-6-5-9-21(23)26/h2-14H,15-16H2,1H3,(H,27,30)(H,28,31). The lowest BCUT2D eigenvalue weighted by molar-refractivity contribution is 0.206. The highest BCUT2D eigenvalue weighted by Gasteiger charge is 2.18. The van der Waals surface area contributed by atoms with Crippen molar-refractivity contribution in [3.63, 3.8) is 0 Å². The van der Waals surface area contributed by atoms with Gasteiger partial charge in [-0.25, -0.2) is 9.18 Å². The average molecular weight is 415 g/mol. The van der Waals surface area contributed by atoms with E-state index in [1.165, 1.54) is 17.0 Å². The largest absolute Gasteiger partial charge is 0.322 e. The number of para-hydroxylation sites is 1. The number of aromatic nitrogens is 1. The van der Waals surface area contributed by atoms with E-state index >= 15 is 0 Å². The van der Waals surface area contributed by atoms with Crippen LogP contribution in [0, 0.1) is 12.7 Å². The number of rotatable bonds is 5. The van der Waals surface area contributed by atoms with Crippen LogP contribution in [-0.4, -0.2) is 15.9 Å². The van der Waals surface area contributed by atoms with Gasteiger partial charge in [0.05, 0.1) is 12.2 Å². The summed E-state index contributed by atoms with van der Waals surface area (Å²) < 4.78 is 14.1. The molecule has 0 spiro atoms. The molecule has 3 aromatic carbocycles. The Hall–Kier alpha value is -3.93. The van der Waals surface area contributed by atoms with Gasteiger partial charge in [-0.1, -0.05) is 54.1 Å². The third kappa shape index (κ3) is 4.80.